The van der Waals surface area contributed by atoms with Gasteiger partial charge in [-0.25, -0.2) is 4.39 Å². The summed E-state index contributed by atoms with van der Waals surface area (Å²) < 4.78 is 19.0. The second kappa shape index (κ2) is 10.5. The van der Waals surface area contributed by atoms with Crippen molar-refractivity contribution in [2.45, 2.75) is 19.6 Å². The van der Waals surface area contributed by atoms with Crippen molar-refractivity contribution in [2.24, 2.45) is 0 Å². The van der Waals surface area contributed by atoms with E-state index < -0.39 is 0 Å². The molecule has 0 unspecified atom stereocenters. The molecule has 0 spiro atoms. The fourth-order valence-electron chi connectivity index (χ4n) is 3.35. The Morgan fingerprint density at radius 1 is 0.967 bits per heavy atom. The molecule has 0 atom stereocenters. The first-order valence-corrected chi connectivity index (χ1v) is 9.98. The van der Waals surface area contributed by atoms with E-state index in [9.17, 15) is 4.39 Å². The molecule has 0 radical (unpaired) electrons. The number of hydrogen-bond donors (Lipinski definition) is 2. The molecule has 1 heterocycles. The molecule has 1 aromatic heterocycles. The molecule has 3 aromatic carbocycles. The number of ether oxygens (including phenoxy) is 1. The second-order valence-electron chi connectivity index (χ2n) is 6.95. The molecular weight excluding hydrogens is 422 g/mol. The van der Waals surface area contributed by atoms with Crippen LogP contribution in [0.25, 0.3) is 10.9 Å². The number of rotatable bonds is 8. The minimum atomic E-state index is -0.250. The molecule has 4 aromatic rings. The van der Waals surface area contributed by atoms with Crippen molar-refractivity contribution in [1.82, 2.24) is 10.3 Å². The van der Waals surface area contributed by atoms with E-state index in [1.807, 2.05) is 24.3 Å². The molecule has 0 fully saturated rings. The highest BCUT2D eigenvalue weighted by atomic mass is 35.5. The van der Waals surface area contributed by atoms with Crippen molar-refractivity contribution in [1.29, 1.82) is 0 Å². The minimum Gasteiger partial charge on any atom is -0.489 e. The van der Waals surface area contributed by atoms with Crippen LogP contribution in [0.3, 0.4) is 0 Å². The minimum absolute atomic E-state index is 0. The van der Waals surface area contributed by atoms with Crippen LogP contribution in [0.1, 0.15) is 16.7 Å². The molecule has 6 heteroatoms. The average molecular weight is 445 g/mol. The van der Waals surface area contributed by atoms with Gasteiger partial charge in [0.15, 0.2) is 0 Å². The van der Waals surface area contributed by atoms with Crippen LogP contribution >= 0.6 is 24.0 Å². The summed E-state index contributed by atoms with van der Waals surface area (Å²) in [6, 6.07) is 20.3. The van der Waals surface area contributed by atoms with E-state index in [0.29, 0.717) is 18.2 Å². The summed E-state index contributed by atoms with van der Waals surface area (Å²) in [5.41, 5.74) is 4.37. The molecule has 4 rings (SSSR count). The molecule has 0 aliphatic heterocycles. The van der Waals surface area contributed by atoms with Crippen LogP contribution in [0.15, 0.2) is 72.9 Å². The Hall–Kier alpha value is -2.53. The number of halogens is 3. The van der Waals surface area contributed by atoms with E-state index in [1.165, 1.54) is 23.1 Å². The first-order valence-electron chi connectivity index (χ1n) is 9.60. The first kappa shape index (κ1) is 22.2. The largest absolute Gasteiger partial charge is 0.489 e. The number of benzene rings is 3. The van der Waals surface area contributed by atoms with Gasteiger partial charge in [0.25, 0.3) is 0 Å². The van der Waals surface area contributed by atoms with E-state index in [1.54, 1.807) is 12.1 Å². The summed E-state index contributed by atoms with van der Waals surface area (Å²) in [4.78, 5) is 3.31. The highest BCUT2D eigenvalue weighted by Crippen LogP contribution is 2.24. The number of para-hydroxylation sites is 1. The van der Waals surface area contributed by atoms with Crippen molar-refractivity contribution < 1.29 is 9.13 Å². The maximum absolute atomic E-state index is 13.1. The molecule has 0 aliphatic carbocycles. The van der Waals surface area contributed by atoms with Gasteiger partial charge in [-0.15, -0.1) is 12.4 Å². The van der Waals surface area contributed by atoms with Crippen molar-refractivity contribution >= 4 is 34.9 Å². The zero-order valence-electron chi connectivity index (χ0n) is 16.3. The van der Waals surface area contributed by atoms with Crippen LogP contribution in [0.4, 0.5) is 4.39 Å². The lowest BCUT2D eigenvalue weighted by atomic mass is 10.1. The smallest absolute Gasteiger partial charge is 0.124 e. The molecule has 0 aliphatic rings. The predicted octanol–water partition coefficient (Wildman–Crippen LogP) is 6.29. The number of fused-ring (bicyclic) bond motifs is 1. The SMILES string of the molecule is Cl.Fc1ccc(COc2ccc(Cl)cc2CNCCc2c[nH]c3ccccc23)cc1. The van der Waals surface area contributed by atoms with E-state index in [4.69, 9.17) is 16.3 Å². The van der Waals surface area contributed by atoms with Crippen molar-refractivity contribution in [3.63, 3.8) is 0 Å². The van der Waals surface area contributed by atoms with E-state index in [2.05, 4.69) is 34.7 Å². The Bertz CT molecular complexity index is 1100. The van der Waals surface area contributed by atoms with Crippen molar-refractivity contribution in [3.8, 4) is 5.75 Å². The third-order valence-corrected chi connectivity index (χ3v) is 5.13. The van der Waals surface area contributed by atoms with Gasteiger partial charge in [0, 0.05) is 34.2 Å². The van der Waals surface area contributed by atoms with Gasteiger partial charge in [0.1, 0.15) is 18.2 Å². The zero-order valence-corrected chi connectivity index (χ0v) is 17.9. The van der Waals surface area contributed by atoms with Crippen molar-refractivity contribution in [2.75, 3.05) is 6.54 Å². The quantitative estimate of drug-likeness (QED) is 0.313. The molecule has 0 bridgehead atoms. The number of nitrogens with one attached hydrogen (secondary N) is 2. The molecule has 0 amide bonds. The highest BCUT2D eigenvalue weighted by Gasteiger charge is 2.07. The van der Waals surface area contributed by atoms with Crippen LogP contribution in [0, 0.1) is 5.82 Å². The van der Waals surface area contributed by atoms with Gasteiger partial charge >= 0.3 is 0 Å². The summed E-state index contributed by atoms with van der Waals surface area (Å²) in [5, 5.41) is 5.41. The molecule has 3 nitrogen and oxygen atoms in total. The molecule has 2 N–H and O–H groups in total. The second-order valence-corrected chi connectivity index (χ2v) is 7.39. The maximum atomic E-state index is 13.1. The number of aromatic amines is 1. The van der Waals surface area contributed by atoms with Gasteiger partial charge in [-0.3, -0.25) is 0 Å². The van der Waals surface area contributed by atoms with Gasteiger partial charge in [0.2, 0.25) is 0 Å². The van der Waals surface area contributed by atoms with Gasteiger partial charge < -0.3 is 15.0 Å². The normalized spacial score (nSPS) is 10.7. The van der Waals surface area contributed by atoms with Crippen LogP contribution < -0.4 is 10.1 Å². The van der Waals surface area contributed by atoms with Gasteiger partial charge in [-0.05, 0) is 60.5 Å². The molecule has 0 saturated heterocycles. The van der Waals surface area contributed by atoms with E-state index >= 15 is 0 Å². The monoisotopic (exact) mass is 444 g/mol. The fraction of sp³-hybridized carbons (Fsp3) is 0.167. The lowest BCUT2D eigenvalue weighted by Gasteiger charge is -2.13. The maximum Gasteiger partial charge on any atom is 0.124 e. The van der Waals surface area contributed by atoms with Gasteiger partial charge in [-0.1, -0.05) is 41.9 Å². The summed E-state index contributed by atoms with van der Waals surface area (Å²) in [6.07, 6.45) is 3.00. The zero-order chi connectivity index (χ0) is 20.1. The van der Waals surface area contributed by atoms with Crippen LogP contribution in [0.5, 0.6) is 5.75 Å². The highest BCUT2D eigenvalue weighted by molar-refractivity contribution is 6.30. The lowest BCUT2D eigenvalue weighted by molar-refractivity contribution is 0.302. The Labute approximate surface area is 186 Å². The van der Waals surface area contributed by atoms with E-state index in [0.717, 1.165) is 35.4 Å². The van der Waals surface area contributed by atoms with Crippen LogP contribution in [0.2, 0.25) is 5.02 Å². The van der Waals surface area contributed by atoms with Gasteiger partial charge in [0.05, 0.1) is 0 Å². The van der Waals surface area contributed by atoms with Crippen LogP contribution in [-0.2, 0) is 19.6 Å². The third-order valence-electron chi connectivity index (χ3n) is 4.89. The number of hydrogen-bond acceptors (Lipinski definition) is 2. The first-order chi connectivity index (χ1) is 14.2. The summed E-state index contributed by atoms with van der Waals surface area (Å²) in [7, 11) is 0. The Morgan fingerprint density at radius 2 is 1.77 bits per heavy atom. The molecular formula is C24H23Cl2FN2O. The Balaban J connectivity index is 0.00000256. The summed E-state index contributed by atoms with van der Waals surface area (Å²) >= 11 is 6.18. The summed E-state index contributed by atoms with van der Waals surface area (Å²) in [6.45, 7) is 1.87. The predicted molar refractivity (Wildman–Crippen MR) is 123 cm³/mol. The third kappa shape index (κ3) is 5.54. The topological polar surface area (TPSA) is 37.0 Å². The van der Waals surface area contributed by atoms with Crippen molar-refractivity contribution in [3.05, 3.63) is 100 Å². The molecule has 156 valence electrons. The number of aromatic nitrogens is 1. The Kier molecular flexibility index (Phi) is 7.75. The lowest BCUT2D eigenvalue weighted by Crippen LogP contribution is -2.17. The number of H-pyrrole nitrogens is 1. The van der Waals surface area contributed by atoms with E-state index in [-0.39, 0.29) is 18.2 Å². The molecule has 0 saturated carbocycles. The standard InChI is InChI=1S/C24H22ClFN2O.ClH/c25-20-7-10-24(29-16-17-5-8-21(26)9-6-17)19(13-20)14-27-12-11-18-15-28-23-4-2-1-3-22(18)23;/h1-10,13,15,27-28H,11-12,14,16H2;1H. The van der Waals surface area contributed by atoms with Crippen LogP contribution in [-0.4, -0.2) is 11.5 Å². The Morgan fingerprint density at radius 3 is 2.60 bits per heavy atom. The van der Waals surface area contributed by atoms with Gasteiger partial charge in [-0.2, -0.15) is 0 Å². The molecule has 30 heavy (non-hydrogen) atoms. The average Bonchev–Trinajstić information content (AvgIpc) is 3.15. The summed E-state index contributed by atoms with van der Waals surface area (Å²) in [5.74, 6) is 0.527. The fourth-order valence-corrected chi connectivity index (χ4v) is 3.55.